The van der Waals surface area contributed by atoms with E-state index in [1.807, 2.05) is 0 Å². The van der Waals surface area contributed by atoms with Crippen molar-refractivity contribution in [3.63, 3.8) is 0 Å². The van der Waals surface area contributed by atoms with Crippen LogP contribution in [0.5, 0.6) is 0 Å². The molecule has 0 N–H and O–H groups in total. The Kier molecular flexibility index (Phi) is 3.69. The van der Waals surface area contributed by atoms with Crippen molar-refractivity contribution in [2.24, 2.45) is 0 Å². The predicted octanol–water partition coefficient (Wildman–Crippen LogP) is 3.20. The molecule has 1 aromatic rings. The van der Waals surface area contributed by atoms with Gasteiger partial charge in [0.1, 0.15) is 5.78 Å². The number of hydrogen-bond acceptors (Lipinski definition) is 2. The molecule has 3 atom stereocenters. The van der Waals surface area contributed by atoms with Crippen molar-refractivity contribution in [3.8, 4) is 0 Å². The van der Waals surface area contributed by atoms with E-state index in [9.17, 15) is 4.79 Å². The maximum Gasteiger partial charge on any atom is 0.136 e. The first-order chi connectivity index (χ1) is 9.24. The van der Waals surface area contributed by atoms with E-state index in [1.54, 1.807) is 0 Å². The fourth-order valence-electron chi connectivity index (χ4n) is 3.99. The van der Waals surface area contributed by atoms with E-state index >= 15 is 0 Å². The van der Waals surface area contributed by atoms with Gasteiger partial charge in [0.05, 0.1) is 0 Å². The van der Waals surface area contributed by atoms with Crippen molar-refractivity contribution in [3.05, 3.63) is 35.9 Å². The molecule has 0 amide bonds. The summed E-state index contributed by atoms with van der Waals surface area (Å²) in [7, 11) is 0. The molecule has 0 radical (unpaired) electrons. The second-order valence-corrected chi connectivity index (χ2v) is 6.17. The summed E-state index contributed by atoms with van der Waals surface area (Å²) in [6.45, 7) is 2.33. The van der Waals surface area contributed by atoms with Gasteiger partial charge in [-0.05, 0) is 31.7 Å². The van der Waals surface area contributed by atoms with Crippen LogP contribution in [0.2, 0.25) is 0 Å². The average Bonchev–Trinajstić information content (AvgIpc) is 2.38. The lowest BCUT2D eigenvalue weighted by Gasteiger charge is -2.48. The van der Waals surface area contributed by atoms with Crippen molar-refractivity contribution in [1.82, 2.24) is 4.90 Å². The Morgan fingerprint density at radius 1 is 1.16 bits per heavy atom. The summed E-state index contributed by atoms with van der Waals surface area (Å²) < 4.78 is 0. The van der Waals surface area contributed by atoms with Gasteiger partial charge in [-0.2, -0.15) is 0 Å². The zero-order chi connectivity index (χ0) is 13.2. The molecule has 102 valence electrons. The van der Waals surface area contributed by atoms with Gasteiger partial charge in [-0.15, -0.1) is 0 Å². The number of carbonyl (C=O) groups excluding carboxylic acids is 1. The van der Waals surface area contributed by atoms with E-state index in [1.165, 1.54) is 24.8 Å². The molecule has 3 rings (SSSR count). The zero-order valence-electron chi connectivity index (χ0n) is 11.7. The molecular formula is C17H23NO. The summed E-state index contributed by atoms with van der Waals surface area (Å²) >= 11 is 0. The van der Waals surface area contributed by atoms with Crippen LogP contribution in [0.3, 0.4) is 0 Å². The van der Waals surface area contributed by atoms with E-state index in [2.05, 4.69) is 42.2 Å². The summed E-state index contributed by atoms with van der Waals surface area (Å²) in [5.74, 6) is 0.484. The first-order valence-corrected chi connectivity index (χ1v) is 7.57. The smallest absolute Gasteiger partial charge is 0.136 e. The number of Topliss-reactive ketones (excluding diaryl/α,β-unsaturated/α-hetero) is 1. The molecule has 2 aliphatic heterocycles. The molecule has 19 heavy (non-hydrogen) atoms. The number of nitrogens with zero attached hydrogens (tertiary/aromatic N) is 1. The van der Waals surface area contributed by atoms with Gasteiger partial charge in [0, 0.05) is 31.0 Å². The SMILES string of the molecule is CC(Cc1ccccc1)N1C2CCCC1CC(=O)C2. The van der Waals surface area contributed by atoms with E-state index in [0.717, 1.165) is 19.3 Å². The molecule has 2 heterocycles. The Morgan fingerprint density at radius 3 is 2.42 bits per heavy atom. The third-order valence-corrected chi connectivity index (χ3v) is 4.73. The molecule has 2 bridgehead atoms. The standard InChI is InChI=1S/C17H23NO/c1-13(10-14-6-3-2-4-7-14)18-15-8-5-9-16(18)12-17(19)11-15/h2-4,6-7,13,15-16H,5,8-12H2,1H3. The van der Waals surface area contributed by atoms with Crippen molar-refractivity contribution < 1.29 is 4.79 Å². The quantitative estimate of drug-likeness (QED) is 0.828. The van der Waals surface area contributed by atoms with Gasteiger partial charge in [0.2, 0.25) is 0 Å². The van der Waals surface area contributed by atoms with Gasteiger partial charge in [-0.3, -0.25) is 9.69 Å². The number of ketones is 1. The number of carbonyl (C=O) groups is 1. The molecule has 2 nitrogen and oxygen atoms in total. The molecule has 2 fully saturated rings. The molecule has 2 heteroatoms. The van der Waals surface area contributed by atoms with Gasteiger partial charge in [-0.1, -0.05) is 36.8 Å². The lowest BCUT2D eigenvalue weighted by molar-refractivity contribution is -0.128. The molecule has 1 aromatic carbocycles. The highest BCUT2D eigenvalue weighted by Gasteiger charge is 2.39. The Balaban J connectivity index is 1.72. The van der Waals surface area contributed by atoms with Crippen LogP contribution in [0.4, 0.5) is 0 Å². The van der Waals surface area contributed by atoms with E-state index < -0.39 is 0 Å². The highest BCUT2D eigenvalue weighted by atomic mass is 16.1. The van der Waals surface area contributed by atoms with Crippen LogP contribution < -0.4 is 0 Å². The first kappa shape index (κ1) is 12.9. The third kappa shape index (κ3) is 2.74. The second-order valence-electron chi connectivity index (χ2n) is 6.17. The fraction of sp³-hybridized carbons (Fsp3) is 0.588. The lowest BCUT2D eigenvalue weighted by Crippen LogP contribution is -2.56. The van der Waals surface area contributed by atoms with E-state index in [0.29, 0.717) is 23.9 Å². The Labute approximate surface area is 115 Å². The summed E-state index contributed by atoms with van der Waals surface area (Å²) in [5, 5.41) is 0. The average molecular weight is 257 g/mol. The minimum atomic E-state index is 0.484. The number of benzene rings is 1. The number of rotatable bonds is 3. The number of piperidine rings is 2. The Bertz CT molecular complexity index is 426. The van der Waals surface area contributed by atoms with Crippen LogP contribution in [0, 0.1) is 0 Å². The minimum Gasteiger partial charge on any atom is -0.300 e. The second kappa shape index (κ2) is 5.46. The monoisotopic (exact) mass is 257 g/mol. The van der Waals surface area contributed by atoms with E-state index in [4.69, 9.17) is 0 Å². The summed E-state index contributed by atoms with van der Waals surface area (Å²) in [6.07, 6.45) is 6.40. The largest absolute Gasteiger partial charge is 0.300 e. The van der Waals surface area contributed by atoms with Crippen LogP contribution in [-0.2, 0) is 11.2 Å². The number of hydrogen-bond donors (Lipinski definition) is 0. The van der Waals surface area contributed by atoms with E-state index in [-0.39, 0.29) is 0 Å². The highest BCUT2D eigenvalue weighted by molar-refractivity contribution is 5.80. The Morgan fingerprint density at radius 2 is 1.79 bits per heavy atom. The van der Waals surface area contributed by atoms with Crippen molar-refractivity contribution in [2.75, 3.05) is 0 Å². The molecule has 0 spiro atoms. The van der Waals surface area contributed by atoms with Crippen molar-refractivity contribution in [1.29, 1.82) is 0 Å². The van der Waals surface area contributed by atoms with Crippen molar-refractivity contribution >= 4 is 5.78 Å². The first-order valence-electron chi connectivity index (χ1n) is 7.57. The third-order valence-electron chi connectivity index (χ3n) is 4.73. The van der Waals surface area contributed by atoms with Gasteiger partial charge in [0.25, 0.3) is 0 Å². The molecule has 0 aromatic heterocycles. The molecule has 0 saturated carbocycles. The predicted molar refractivity (Wildman–Crippen MR) is 77.1 cm³/mol. The maximum atomic E-state index is 11.8. The number of fused-ring (bicyclic) bond motifs is 2. The lowest BCUT2D eigenvalue weighted by atomic mass is 9.82. The highest BCUT2D eigenvalue weighted by Crippen LogP contribution is 2.34. The Hall–Kier alpha value is -1.15. The van der Waals surface area contributed by atoms with Crippen LogP contribution >= 0.6 is 0 Å². The van der Waals surface area contributed by atoms with Gasteiger partial charge in [0.15, 0.2) is 0 Å². The van der Waals surface area contributed by atoms with Crippen LogP contribution in [0.25, 0.3) is 0 Å². The fourth-order valence-corrected chi connectivity index (χ4v) is 3.99. The molecule has 2 aliphatic rings. The minimum absolute atomic E-state index is 0.484. The van der Waals surface area contributed by atoms with Crippen LogP contribution in [-0.4, -0.2) is 28.8 Å². The van der Waals surface area contributed by atoms with Crippen LogP contribution in [0.1, 0.15) is 44.6 Å². The normalized spacial score (nSPS) is 29.2. The topological polar surface area (TPSA) is 20.3 Å². The zero-order valence-corrected chi connectivity index (χ0v) is 11.7. The summed E-state index contributed by atoms with van der Waals surface area (Å²) in [5.41, 5.74) is 1.41. The molecule has 2 saturated heterocycles. The maximum absolute atomic E-state index is 11.8. The van der Waals surface area contributed by atoms with Crippen LogP contribution in [0.15, 0.2) is 30.3 Å². The molecular weight excluding hydrogens is 234 g/mol. The van der Waals surface area contributed by atoms with Gasteiger partial charge >= 0.3 is 0 Å². The summed E-state index contributed by atoms with van der Waals surface area (Å²) in [4.78, 5) is 14.4. The van der Waals surface area contributed by atoms with Gasteiger partial charge < -0.3 is 0 Å². The molecule has 0 aliphatic carbocycles. The summed E-state index contributed by atoms with van der Waals surface area (Å²) in [6, 6.07) is 12.3. The van der Waals surface area contributed by atoms with Crippen molar-refractivity contribution in [2.45, 2.75) is 63.6 Å². The van der Waals surface area contributed by atoms with Gasteiger partial charge in [-0.25, -0.2) is 0 Å². The molecule has 3 unspecified atom stereocenters.